The van der Waals surface area contributed by atoms with Crippen LogP contribution in [0.25, 0.3) is 0 Å². The molecule has 4 heteroatoms. The molecule has 1 atom stereocenters. The number of hydrogen-bond acceptors (Lipinski definition) is 3. The minimum absolute atomic E-state index is 0.240. The van der Waals surface area contributed by atoms with E-state index in [1.54, 1.807) is 0 Å². The van der Waals surface area contributed by atoms with Gasteiger partial charge < -0.3 is 5.32 Å². The van der Waals surface area contributed by atoms with Crippen LogP contribution in [0.1, 0.15) is 52.5 Å². The lowest BCUT2D eigenvalue weighted by atomic mass is 9.83. The number of nitrogens with zero attached hydrogens (tertiary/aromatic N) is 3. The molecule has 1 aromatic heterocycles. The first-order valence-electron chi connectivity index (χ1n) is 7.94. The molecule has 0 saturated carbocycles. The van der Waals surface area contributed by atoms with E-state index in [2.05, 4.69) is 49.2 Å². The van der Waals surface area contributed by atoms with E-state index in [9.17, 15) is 0 Å². The molecule has 1 aliphatic rings. The lowest BCUT2D eigenvalue weighted by molar-refractivity contribution is 0.00275. The summed E-state index contributed by atoms with van der Waals surface area (Å²) < 4.78 is 1.90. The SMILES string of the molecule is CCC1(CC)CN(Cc2cnn(C)c2)C(C)(CC)CN1. The van der Waals surface area contributed by atoms with E-state index < -0.39 is 0 Å². The maximum Gasteiger partial charge on any atom is 0.0534 e. The second-order valence-corrected chi connectivity index (χ2v) is 6.57. The first kappa shape index (κ1) is 15.5. The predicted molar refractivity (Wildman–Crippen MR) is 83.6 cm³/mol. The molecular weight excluding hydrogens is 248 g/mol. The molecule has 4 nitrogen and oxygen atoms in total. The molecule has 0 aliphatic carbocycles. The monoisotopic (exact) mass is 278 g/mol. The van der Waals surface area contributed by atoms with Crippen LogP contribution in [0.3, 0.4) is 0 Å². The van der Waals surface area contributed by atoms with Crippen LogP contribution in [-0.2, 0) is 13.6 Å². The Morgan fingerprint density at radius 3 is 2.45 bits per heavy atom. The van der Waals surface area contributed by atoms with E-state index in [1.165, 1.54) is 24.8 Å². The van der Waals surface area contributed by atoms with E-state index in [0.717, 1.165) is 19.6 Å². The molecule has 0 amide bonds. The summed E-state index contributed by atoms with van der Waals surface area (Å²) in [5, 5.41) is 8.14. The van der Waals surface area contributed by atoms with Gasteiger partial charge in [-0.15, -0.1) is 0 Å². The Labute approximate surface area is 123 Å². The van der Waals surface area contributed by atoms with Gasteiger partial charge in [0.05, 0.1) is 6.20 Å². The van der Waals surface area contributed by atoms with Gasteiger partial charge in [-0.1, -0.05) is 20.8 Å². The predicted octanol–water partition coefficient (Wildman–Crippen LogP) is 2.55. The van der Waals surface area contributed by atoms with Crippen molar-refractivity contribution in [2.24, 2.45) is 7.05 Å². The third kappa shape index (κ3) is 2.91. The molecule has 2 rings (SSSR count). The van der Waals surface area contributed by atoms with Gasteiger partial charge in [0.25, 0.3) is 0 Å². The second-order valence-electron chi connectivity index (χ2n) is 6.57. The lowest BCUT2D eigenvalue weighted by Crippen LogP contribution is -2.68. The normalized spacial score (nSPS) is 26.9. The number of nitrogens with one attached hydrogen (secondary N) is 1. The summed E-state index contributed by atoms with van der Waals surface area (Å²) in [7, 11) is 1.99. The number of hydrogen-bond donors (Lipinski definition) is 1. The molecular formula is C16H30N4. The van der Waals surface area contributed by atoms with Crippen molar-refractivity contribution in [3.05, 3.63) is 18.0 Å². The van der Waals surface area contributed by atoms with E-state index >= 15 is 0 Å². The molecule has 1 unspecified atom stereocenters. The zero-order chi connectivity index (χ0) is 14.8. The van der Waals surface area contributed by atoms with Crippen molar-refractivity contribution in [1.29, 1.82) is 0 Å². The quantitative estimate of drug-likeness (QED) is 0.898. The van der Waals surface area contributed by atoms with Gasteiger partial charge in [0.1, 0.15) is 0 Å². The highest BCUT2D eigenvalue weighted by Gasteiger charge is 2.42. The van der Waals surface area contributed by atoms with E-state index in [1.807, 2.05) is 17.9 Å². The first-order chi connectivity index (χ1) is 9.47. The van der Waals surface area contributed by atoms with Crippen LogP contribution in [-0.4, -0.2) is 38.8 Å². The average Bonchev–Trinajstić information content (AvgIpc) is 2.87. The van der Waals surface area contributed by atoms with Gasteiger partial charge in [-0.2, -0.15) is 5.10 Å². The van der Waals surface area contributed by atoms with Crippen LogP contribution in [0.5, 0.6) is 0 Å². The zero-order valence-corrected chi connectivity index (χ0v) is 13.7. The number of aryl methyl sites for hydroxylation is 1. The fourth-order valence-electron chi connectivity index (χ4n) is 3.19. The Kier molecular flexibility index (Phi) is 4.55. The minimum atomic E-state index is 0.240. The van der Waals surface area contributed by atoms with Crippen molar-refractivity contribution in [3.8, 4) is 0 Å². The Bertz CT molecular complexity index is 435. The summed E-state index contributed by atoms with van der Waals surface area (Å²) in [5.74, 6) is 0. The molecule has 1 aromatic rings. The van der Waals surface area contributed by atoms with Gasteiger partial charge in [-0.25, -0.2) is 0 Å². The third-order valence-corrected chi connectivity index (χ3v) is 5.35. The van der Waals surface area contributed by atoms with Crippen LogP contribution in [0.4, 0.5) is 0 Å². The van der Waals surface area contributed by atoms with Gasteiger partial charge in [0, 0.05) is 49.5 Å². The fraction of sp³-hybridized carbons (Fsp3) is 0.812. The Morgan fingerprint density at radius 1 is 1.25 bits per heavy atom. The Morgan fingerprint density at radius 2 is 1.95 bits per heavy atom. The Balaban J connectivity index is 2.19. The van der Waals surface area contributed by atoms with Crippen LogP contribution in [0.15, 0.2) is 12.4 Å². The summed E-state index contributed by atoms with van der Waals surface area (Å²) >= 11 is 0. The molecule has 1 N–H and O–H groups in total. The summed E-state index contributed by atoms with van der Waals surface area (Å²) in [6.45, 7) is 12.5. The van der Waals surface area contributed by atoms with Crippen molar-refractivity contribution in [3.63, 3.8) is 0 Å². The van der Waals surface area contributed by atoms with Crippen molar-refractivity contribution >= 4 is 0 Å². The van der Waals surface area contributed by atoms with E-state index in [0.29, 0.717) is 0 Å². The highest BCUT2D eigenvalue weighted by atomic mass is 15.3. The number of piperazine rings is 1. The highest BCUT2D eigenvalue weighted by molar-refractivity contribution is 5.09. The number of rotatable bonds is 5. The summed E-state index contributed by atoms with van der Waals surface area (Å²) in [5.41, 5.74) is 1.83. The first-order valence-corrected chi connectivity index (χ1v) is 7.94. The maximum atomic E-state index is 4.31. The van der Waals surface area contributed by atoms with Gasteiger partial charge >= 0.3 is 0 Å². The van der Waals surface area contributed by atoms with Crippen LogP contribution >= 0.6 is 0 Å². The molecule has 20 heavy (non-hydrogen) atoms. The molecule has 0 spiro atoms. The van der Waals surface area contributed by atoms with Crippen molar-refractivity contribution in [1.82, 2.24) is 20.0 Å². The van der Waals surface area contributed by atoms with Crippen molar-refractivity contribution in [2.75, 3.05) is 13.1 Å². The van der Waals surface area contributed by atoms with Crippen molar-refractivity contribution in [2.45, 2.75) is 64.6 Å². The molecule has 2 heterocycles. The Hall–Kier alpha value is -0.870. The summed E-state index contributed by atoms with van der Waals surface area (Å²) in [6.07, 6.45) is 7.68. The zero-order valence-electron chi connectivity index (χ0n) is 13.7. The number of aromatic nitrogens is 2. The highest BCUT2D eigenvalue weighted by Crippen LogP contribution is 2.31. The van der Waals surface area contributed by atoms with Crippen LogP contribution < -0.4 is 5.32 Å². The largest absolute Gasteiger partial charge is 0.308 e. The summed E-state index contributed by atoms with van der Waals surface area (Å²) in [4.78, 5) is 2.66. The molecule has 1 aliphatic heterocycles. The average molecular weight is 278 g/mol. The van der Waals surface area contributed by atoms with E-state index in [4.69, 9.17) is 0 Å². The molecule has 1 fully saturated rings. The standard InChI is InChI=1S/C16H30N4/c1-6-15(4)12-17-16(7-2,8-3)13-20(15)11-14-9-18-19(5)10-14/h9-10,17H,6-8,11-13H2,1-5H3. The van der Waals surface area contributed by atoms with Gasteiger partial charge in [-0.3, -0.25) is 9.58 Å². The van der Waals surface area contributed by atoms with Crippen LogP contribution in [0.2, 0.25) is 0 Å². The van der Waals surface area contributed by atoms with Crippen molar-refractivity contribution < 1.29 is 0 Å². The van der Waals surface area contributed by atoms with Gasteiger partial charge in [-0.05, 0) is 26.2 Å². The molecule has 0 aromatic carbocycles. The maximum absolute atomic E-state index is 4.31. The van der Waals surface area contributed by atoms with E-state index in [-0.39, 0.29) is 11.1 Å². The van der Waals surface area contributed by atoms with Gasteiger partial charge in [0.15, 0.2) is 0 Å². The molecule has 0 radical (unpaired) electrons. The summed E-state index contributed by atoms with van der Waals surface area (Å²) in [6, 6.07) is 0. The lowest BCUT2D eigenvalue weighted by Gasteiger charge is -2.53. The molecule has 114 valence electrons. The van der Waals surface area contributed by atoms with Crippen LogP contribution in [0, 0.1) is 0 Å². The molecule has 0 bridgehead atoms. The van der Waals surface area contributed by atoms with Gasteiger partial charge in [0.2, 0.25) is 0 Å². The fourth-order valence-corrected chi connectivity index (χ4v) is 3.19. The minimum Gasteiger partial charge on any atom is -0.308 e. The topological polar surface area (TPSA) is 33.1 Å². The second kappa shape index (κ2) is 5.86. The smallest absolute Gasteiger partial charge is 0.0534 e. The molecule has 1 saturated heterocycles. The third-order valence-electron chi connectivity index (χ3n) is 5.35.